The number of nitrogens with zero attached hydrogens (tertiary/aromatic N) is 3. The summed E-state index contributed by atoms with van der Waals surface area (Å²) >= 11 is 1.60. The smallest absolute Gasteiger partial charge is 0.228 e. The first-order valence-corrected chi connectivity index (χ1v) is 11.1. The fourth-order valence-electron chi connectivity index (χ4n) is 4.04. The molecule has 0 N–H and O–H groups in total. The maximum atomic E-state index is 13.2. The van der Waals surface area contributed by atoms with Gasteiger partial charge in [-0.15, -0.1) is 11.3 Å². The molecule has 160 valence electrons. The zero-order chi connectivity index (χ0) is 21.5. The van der Waals surface area contributed by atoms with Crippen LogP contribution in [0.1, 0.15) is 24.4 Å². The first kappa shape index (κ1) is 19.8. The molecule has 0 radical (unpaired) electrons. The lowest BCUT2D eigenvalue weighted by molar-refractivity contribution is -0.136. The second-order valence-electron chi connectivity index (χ2n) is 7.88. The van der Waals surface area contributed by atoms with Crippen molar-refractivity contribution in [3.05, 3.63) is 47.5 Å². The summed E-state index contributed by atoms with van der Waals surface area (Å²) in [6.07, 6.45) is 0.199. The Balaban J connectivity index is 1.31. The van der Waals surface area contributed by atoms with Gasteiger partial charge in [-0.1, -0.05) is 12.1 Å². The zero-order valence-electron chi connectivity index (χ0n) is 17.4. The highest BCUT2D eigenvalue weighted by Crippen LogP contribution is 2.37. The summed E-state index contributed by atoms with van der Waals surface area (Å²) < 4.78 is 12.3. The number of carbonyl (C=O) groups is 2. The molecule has 2 atom stereocenters. The summed E-state index contributed by atoms with van der Waals surface area (Å²) in [7, 11) is 1.79. The molecule has 5 rings (SSSR count). The SMILES string of the molecule is C[C@H](c1nc2ccccc2s1)N(C)C(=O)[C@H]1CC(=O)N(c2ccc3c(c2)OCCO3)C1. The molecule has 1 fully saturated rings. The van der Waals surface area contributed by atoms with Gasteiger partial charge in [-0.3, -0.25) is 9.59 Å². The first-order chi connectivity index (χ1) is 15.0. The summed E-state index contributed by atoms with van der Waals surface area (Å²) in [4.78, 5) is 34.0. The Morgan fingerprint density at radius 3 is 2.77 bits per heavy atom. The van der Waals surface area contributed by atoms with Crippen molar-refractivity contribution in [1.82, 2.24) is 9.88 Å². The number of para-hydroxylation sites is 1. The van der Waals surface area contributed by atoms with Crippen molar-refractivity contribution in [3.8, 4) is 11.5 Å². The van der Waals surface area contributed by atoms with Crippen LogP contribution in [0.2, 0.25) is 0 Å². The lowest BCUT2D eigenvalue weighted by Crippen LogP contribution is -2.36. The van der Waals surface area contributed by atoms with Gasteiger partial charge >= 0.3 is 0 Å². The minimum absolute atomic E-state index is 0.0415. The van der Waals surface area contributed by atoms with E-state index >= 15 is 0 Å². The normalized spacial score (nSPS) is 19.0. The molecule has 2 aliphatic heterocycles. The molecule has 3 aromatic rings. The van der Waals surface area contributed by atoms with Crippen LogP contribution in [0.15, 0.2) is 42.5 Å². The van der Waals surface area contributed by atoms with Crippen molar-refractivity contribution in [2.75, 3.05) is 31.7 Å². The van der Waals surface area contributed by atoms with Crippen molar-refractivity contribution in [3.63, 3.8) is 0 Å². The van der Waals surface area contributed by atoms with E-state index in [4.69, 9.17) is 9.47 Å². The lowest BCUT2D eigenvalue weighted by atomic mass is 10.1. The fraction of sp³-hybridized carbons (Fsp3) is 0.348. The average Bonchev–Trinajstić information content (AvgIpc) is 3.41. The number of fused-ring (bicyclic) bond motifs is 2. The number of anilines is 1. The van der Waals surface area contributed by atoms with Crippen LogP contribution >= 0.6 is 11.3 Å². The van der Waals surface area contributed by atoms with Gasteiger partial charge in [-0.25, -0.2) is 4.98 Å². The minimum Gasteiger partial charge on any atom is -0.486 e. The number of ether oxygens (including phenoxy) is 2. The van der Waals surface area contributed by atoms with Crippen molar-refractivity contribution >= 4 is 39.1 Å². The van der Waals surface area contributed by atoms with Gasteiger partial charge in [-0.05, 0) is 31.2 Å². The molecule has 7 nitrogen and oxygen atoms in total. The number of aromatic nitrogens is 1. The molecule has 2 aliphatic rings. The van der Waals surface area contributed by atoms with E-state index in [0.29, 0.717) is 31.3 Å². The molecule has 3 heterocycles. The number of hydrogen-bond donors (Lipinski definition) is 0. The van der Waals surface area contributed by atoms with Crippen molar-refractivity contribution in [1.29, 1.82) is 0 Å². The number of amides is 2. The van der Waals surface area contributed by atoms with Crippen molar-refractivity contribution in [2.45, 2.75) is 19.4 Å². The van der Waals surface area contributed by atoms with Gasteiger partial charge < -0.3 is 19.3 Å². The van der Waals surface area contributed by atoms with Crippen LogP contribution in [0, 0.1) is 5.92 Å². The molecule has 31 heavy (non-hydrogen) atoms. The van der Waals surface area contributed by atoms with E-state index in [1.54, 1.807) is 28.2 Å². The predicted octanol–water partition coefficient (Wildman–Crippen LogP) is 3.64. The van der Waals surface area contributed by atoms with Crippen molar-refractivity contribution in [2.24, 2.45) is 5.92 Å². The molecule has 2 amide bonds. The molecule has 0 unspecified atom stereocenters. The monoisotopic (exact) mass is 437 g/mol. The van der Waals surface area contributed by atoms with E-state index in [-0.39, 0.29) is 30.2 Å². The molecule has 8 heteroatoms. The Morgan fingerprint density at radius 2 is 1.97 bits per heavy atom. The Hall–Kier alpha value is -3.13. The molecular formula is C23H23N3O4S. The molecule has 0 saturated carbocycles. The average molecular weight is 438 g/mol. The third-order valence-corrected chi connectivity index (χ3v) is 7.11. The standard InChI is InChI=1S/C23H23N3O4S/c1-14(22-24-17-5-3-4-6-20(17)31-22)25(2)23(28)15-11-21(27)26(13-15)16-7-8-18-19(12-16)30-10-9-29-18/h3-8,12,14-15H,9-11,13H2,1-2H3/t14-,15+/m1/s1. The largest absolute Gasteiger partial charge is 0.486 e. The van der Waals surface area contributed by atoms with Gasteiger partial charge in [0.2, 0.25) is 11.8 Å². The zero-order valence-corrected chi connectivity index (χ0v) is 18.2. The maximum absolute atomic E-state index is 13.2. The highest BCUT2D eigenvalue weighted by atomic mass is 32.1. The Bertz CT molecular complexity index is 1130. The van der Waals surface area contributed by atoms with Gasteiger partial charge in [0.05, 0.1) is 22.2 Å². The maximum Gasteiger partial charge on any atom is 0.228 e. The topological polar surface area (TPSA) is 72.0 Å². The summed E-state index contributed by atoms with van der Waals surface area (Å²) in [6.45, 7) is 3.34. The molecule has 2 aromatic carbocycles. The van der Waals surface area contributed by atoms with Gasteiger partial charge in [0.1, 0.15) is 18.2 Å². The molecule has 1 saturated heterocycles. The van der Waals surface area contributed by atoms with E-state index in [1.165, 1.54) is 0 Å². The van der Waals surface area contributed by atoms with Crippen molar-refractivity contribution < 1.29 is 19.1 Å². The number of carbonyl (C=O) groups excluding carboxylic acids is 2. The Labute approximate surface area is 184 Å². The van der Waals surface area contributed by atoms with Gasteiger partial charge in [-0.2, -0.15) is 0 Å². The molecule has 0 bridgehead atoms. The third kappa shape index (κ3) is 3.61. The van der Waals surface area contributed by atoms with Crippen LogP contribution in [-0.2, 0) is 9.59 Å². The van der Waals surface area contributed by atoms with Gasteiger partial charge in [0, 0.05) is 31.8 Å². The van der Waals surface area contributed by atoms with Crippen LogP contribution in [0.25, 0.3) is 10.2 Å². The molecular weight excluding hydrogens is 414 g/mol. The van der Waals surface area contributed by atoms with Crippen LogP contribution in [0.3, 0.4) is 0 Å². The third-order valence-electron chi connectivity index (χ3n) is 5.91. The Morgan fingerprint density at radius 1 is 1.19 bits per heavy atom. The second-order valence-corrected chi connectivity index (χ2v) is 8.94. The summed E-state index contributed by atoms with van der Waals surface area (Å²) in [5, 5.41) is 0.894. The van der Waals surface area contributed by atoms with Gasteiger partial charge in [0.15, 0.2) is 11.5 Å². The van der Waals surface area contributed by atoms with Crippen LogP contribution in [0.5, 0.6) is 11.5 Å². The van der Waals surface area contributed by atoms with E-state index < -0.39 is 0 Å². The van der Waals surface area contributed by atoms with Gasteiger partial charge in [0.25, 0.3) is 0 Å². The number of thiazole rings is 1. The molecule has 1 aromatic heterocycles. The fourth-order valence-corrected chi connectivity index (χ4v) is 5.10. The van der Waals surface area contributed by atoms with Crippen LogP contribution < -0.4 is 14.4 Å². The minimum atomic E-state index is -0.387. The number of rotatable bonds is 4. The van der Waals surface area contributed by atoms with E-state index in [9.17, 15) is 9.59 Å². The summed E-state index contributed by atoms with van der Waals surface area (Å²) in [5.74, 6) is 0.824. The first-order valence-electron chi connectivity index (χ1n) is 10.3. The second kappa shape index (κ2) is 7.85. The number of benzene rings is 2. The van der Waals surface area contributed by atoms with Crippen LogP contribution in [-0.4, -0.2) is 48.5 Å². The van der Waals surface area contributed by atoms with E-state index in [2.05, 4.69) is 4.98 Å². The predicted molar refractivity (Wildman–Crippen MR) is 119 cm³/mol. The van der Waals surface area contributed by atoms with E-state index in [1.807, 2.05) is 49.4 Å². The van der Waals surface area contributed by atoms with E-state index in [0.717, 1.165) is 20.9 Å². The summed E-state index contributed by atoms with van der Waals surface area (Å²) in [6, 6.07) is 13.3. The lowest BCUT2D eigenvalue weighted by Gasteiger charge is -2.26. The number of hydrogen-bond acceptors (Lipinski definition) is 6. The Kier molecular flexibility index (Phi) is 5.02. The summed E-state index contributed by atoms with van der Waals surface area (Å²) in [5.41, 5.74) is 1.67. The molecule has 0 aliphatic carbocycles. The molecule has 0 spiro atoms. The highest BCUT2D eigenvalue weighted by Gasteiger charge is 2.38. The highest BCUT2D eigenvalue weighted by molar-refractivity contribution is 7.18. The van der Waals surface area contributed by atoms with Crippen LogP contribution in [0.4, 0.5) is 5.69 Å². The quantitative estimate of drug-likeness (QED) is 0.623.